The van der Waals surface area contributed by atoms with Gasteiger partial charge in [-0.25, -0.2) is 9.97 Å². The molecule has 0 aromatic carbocycles. The van der Waals surface area contributed by atoms with Crippen LogP contribution in [0.3, 0.4) is 0 Å². The van der Waals surface area contributed by atoms with Crippen molar-refractivity contribution in [3.05, 3.63) is 6.33 Å². The SMILES string of the molecule is C[C@H](CN1CNc2c(N)ncnc21)OCP(=O)(O)O. The van der Waals surface area contributed by atoms with E-state index in [2.05, 4.69) is 15.3 Å². The second kappa shape index (κ2) is 5.30. The first-order valence-corrected chi connectivity index (χ1v) is 7.42. The monoisotopic (exact) mass is 289 g/mol. The Hall–Kier alpha value is -1.41. The van der Waals surface area contributed by atoms with Crippen LogP contribution < -0.4 is 16.0 Å². The van der Waals surface area contributed by atoms with Gasteiger partial charge < -0.3 is 30.5 Å². The fourth-order valence-electron chi connectivity index (χ4n) is 1.79. The van der Waals surface area contributed by atoms with Crippen molar-refractivity contribution in [1.29, 1.82) is 0 Å². The Bertz CT molecular complexity index is 507. The van der Waals surface area contributed by atoms with E-state index in [-0.39, 0.29) is 6.10 Å². The first-order valence-electron chi connectivity index (χ1n) is 5.62. The summed E-state index contributed by atoms with van der Waals surface area (Å²) in [5.74, 6) is 1.04. The fourth-order valence-corrected chi connectivity index (χ4v) is 2.24. The molecule has 2 heterocycles. The summed E-state index contributed by atoms with van der Waals surface area (Å²) in [7, 11) is -4.14. The molecule has 0 spiro atoms. The van der Waals surface area contributed by atoms with Gasteiger partial charge in [0.1, 0.15) is 18.4 Å². The zero-order valence-electron chi connectivity index (χ0n) is 10.4. The van der Waals surface area contributed by atoms with Crippen LogP contribution in [0.1, 0.15) is 6.92 Å². The van der Waals surface area contributed by atoms with Gasteiger partial charge in [0.2, 0.25) is 0 Å². The summed E-state index contributed by atoms with van der Waals surface area (Å²) >= 11 is 0. The highest BCUT2D eigenvalue weighted by atomic mass is 31.2. The number of hydrogen-bond acceptors (Lipinski definition) is 7. The molecule has 106 valence electrons. The predicted octanol–water partition coefficient (Wildman–Crippen LogP) is -0.211. The van der Waals surface area contributed by atoms with E-state index in [1.807, 2.05) is 4.90 Å². The predicted molar refractivity (Wildman–Crippen MR) is 69.7 cm³/mol. The van der Waals surface area contributed by atoms with Crippen LogP contribution in [0.25, 0.3) is 0 Å². The minimum Gasteiger partial charge on any atom is -0.382 e. The highest BCUT2D eigenvalue weighted by Gasteiger charge is 2.25. The van der Waals surface area contributed by atoms with Gasteiger partial charge in [-0.2, -0.15) is 0 Å². The van der Waals surface area contributed by atoms with E-state index >= 15 is 0 Å². The number of rotatable bonds is 5. The molecule has 0 bridgehead atoms. The number of hydrogen-bond donors (Lipinski definition) is 4. The average molecular weight is 289 g/mol. The third kappa shape index (κ3) is 3.54. The van der Waals surface area contributed by atoms with Gasteiger partial charge in [-0.15, -0.1) is 0 Å². The Morgan fingerprint density at radius 1 is 1.63 bits per heavy atom. The molecule has 0 saturated carbocycles. The molecule has 9 nitrogen and oxygen atoms in total. The van der Waals surface area contributed by atoms with Crippen LogP contribution in [-0.4, -0.2) is 45.4 Å². The molecule has 19 heavy (non-hydrogen) atoms. The average Bonchev–Trinajstić information content (AvgIpc) is 2.71. The highest BCUT2D eigenvalue weighted by molar-refractivity contribution is 7.51. The van der Waals surface area contributed by atoms with E-state index in [9.17, 15) is 4.57 Å². The summed E-state index contributed by atoms with van der Waals surface area (Å²) in [5, 5.41) is 3.06. The molecule has 1 aliphatic rings. The summed E-state index contributed by atoms with van der Waals surface area (Å²) in [6, 6.07) is 0. The maximum atomic E-state index is 10.7. The molecule has 0 saturated heterocycles. The maximum absolute atomic E-state index is 10.7. The first kappa shape index (κ1) is 14.0. The van der Waals surface area contributed by atoms with Gasteiger partial charge in [0.25, 0.3) is 0 Å². The molecule has 0 radical (unpaired) electrons. The van der Waals surface area contributed by atoms with Gasteiger partial charge >= 0.3 is 7.60 Å². The first-order chi connectivity index (χ1) is 8.87. The zero-order valence-corrected chi connectivity index (χ0v) is 11.2. The van der Waals surface area contributed by atoms with E-state index < -0.39 is 13.9 Å². The molecular formula is C9H16N5O4P. The van der Waals surface area contributed by atoms with E-state index in [0.29, 0.717) is 30.5 Å². The summed E-state index contributed by atoms with van der Waals surface area (Å²) < 4.78 is 15.8. The van der Waals surface area contributed by atoms with Crippen molar-refractivity contribution < 1.29 is 19.1 Å². The van der Waals surface area contributed by atoms with Crippen LogP contribution in [0.15, 0.2) is 6.33 Å². The Morgan fingerprint density at radius 3 is 3.05 bits per heavy atom. The summed E-state index contributed by atoms with van der Waals surface area (Å²) in [6.45, 7) is 2.68. The van der Waals surface area contributed by atoms with Crippen LogP contribution in [-0.2, 0) is 9.30 Å². The zero-order chi connectivity index (χ0) is 14.0. The minimum atomic E-state index is -4.14. The Balaban J connectivity index is 1.96. The lowest BCUT2D eigenvalue weighted by Gasteiger charge is -2.21. The number of aromatic nitrogens is 2. The van der Waals surface area contributed by atoms with Gasteiger partial charge in [0, 0.05) is 6.54 Å². The number of fused-ring (bicyclic) bond motifs is 1. The van der Waals surface area contributed by atoms with Crippen molar-refractivity contribution in [2.24, 2.45) is 0 Å². The number of nitrogen functional groups attached to an aromatic ring is 1. The topological polar surface area (TPSA) is 134 Å². The summed E-state index contributed by atoms with van der Waals surface area (Å²) in [6.07, 6.45) is 0.431. The van der Waals surface area contributed by atoms with Crippen LogP contribution >= 0.6 is 7.60 Å². The van der Waals surface area contributed by atoms with E-state index in [0.717, 1.165) is 0 Å². The third-order valence-electron chi connectivity index (χ3n) is 2.61. The lowest BCUT2D eigenvalue weighted by molar-refractivity contribution is 0.0931. The lowest BCUT2D eigenvalue weighted by atomic mass is 10.3. The van der Waals surface area contributed by atoms with Crippen molar-refractivity contribution in [3.8, 4) is 0 Å². The number of nitrogens with one attached hydrogen (secondary N) is 1. The molecule has 5 N–H and O–H groups in total. The van der Waals surface area contributed by atoms with Crippen molar-refractivity contribution in [2.45, 2.75) is 13.0 Å². The van der Waals surface area contributed by atoms with Crippen molar-refractivity contribution >= 4 is 24.9 Å². The quantitative estimate of drug-likeness (QED) is 0.543. The van der Waals surface area contributed by atoms with Crippen LogP contribution in [0.4, 0.5) is 17.3 Å². The Labute approximate surface area is 110 Å². The van der Waals surface area contributed by atoms with E-state index in [1.165, 1.54) is 6.33 Å². The van der Waals surface area contributed by atoms with Gasteiger partial charge in [-0.05, 0) is 6.92 Å². The smallest absolute Gasteiger partial charge is 0.350 e. The normalized spacial score (nSPS) is 16.1. The third-order valence-corrected chi connectivity index (χ3v) is 3.09. The lowest BCUT2D eigenvalue weighted by Crippen LogP contribution is -2.32. The molecule has 1 aromatic heterocycles. The number of nitrogens with zero attached hydrogens (tertiary/aromatic N) is 3. The molecular weight excluding hydrogens is 273 g/mol. The number of anilines is 3. The summed E-state index contributed by atoms with van der Waals surface area (Å²) in [4.78, 5) is 27.4. The molecule has 0 aliphatic carbocycles. The largest absolute Gasteiger partial charge is 0.382 e. The van der Waals surface area contributed by atoms with E-state index in [4.69, 9.17) is 20.3 Å². The molecule has 1 aromatic rings. The van der Waals surface area contributed by atoms with Crippen LogP contribution in [0.5, 0.6) is 0 Å². The Morgan fingerprint density at radius 2 is 2.37 bits per heavy atom. The molecule has 1 aliphatic heterocycles. The van der Waals surface area contributed by atoms with E-state index in [1.54, 1.807) is 6.92 Å². The molecule has 0 amide bonds. The molecule has 1 atom stereocenters. The van der Waals surface area contributed by atoms with Crippen LogP contribution in [0, 0.1) is 0 Å². The van der Waals surface area contributed by atoms with Gasteiger partial charge in [-0.1, -0.05) is 0 Å². The van der Waals surface area contributed by atoms with Gasteiger partial charge in [0.15, 0.2) is 11.6 Å². The van der Waals surface area contributed by atoms with Crippen molar-refractivity contribution in [2.75, 3.05) is 35.5 Å². The standard InChI is InChI=1S/C9H16N5O4P/c1-6(18-5-19(15,16)17)2-14-4-13-7-8(10)11-3-12-9(7)14/h3,6,13H,2,4-5H2,1H3,(H2,10,11,12)(H2,15,16,17)/t6-/m1/s1. The number of nitrogens with two attached hydrogens (primary N) is 1. The van der Waals surface area contributed by atoms with Gasteiger partial charge in [0.05, 0.1) is 12.8 Å². The number of ether oxygens (including phenoxy) is 1. The second-order valence-corrected chi connectivity index (χ2v) is 5.87. The second-order valence-electron chi connectivity index (χ2n) is 4.29. The molecule has 0 unspecified atom stereocenters. The Kier molecular flexibility index (Phi) is 3.91. The molecule has 2 rings (SSSR count). The van der Waals surface area contributed by atoms with Crippen LogP contribution in [0.2, 0.25) is 0 Å². The minimum absolute atomic E-state index is 0.350. The fraction of sp³-hybridized carbons (Fsp3) is 0.556. The molecule has 10 heteroatoms. The van der Waals surface area contributed by atoms with Crippen molar-refractivity contribution in [1.82, 2.24) is 9.97 Å². The highest BCUT2D eigenvalue weighted by Crippen LogP contribution is 2.35. The maximum Gasteiger partial charge on any atom is 0.350 e. The summed E-state index contributed by atoms with van der Waals surface area (Å²) in [5.41, 5.74) is 6.38. The molecule has 0 fully saturated rings. The van der Waals surface area contributed by atoms with Crippen molar-refractivity contribution in [3.63, 3.8) is 0 Å². The van der Waals surface area contributed by atoms with Gasteiger partial charge in [-0.3, -0.25) is 4.57 Å².